The van der Waals surface area contributed by atoms with Crippen LogP contribution in [0.25, 0.3) is 11.1 Å². The molecule has 2 rings (SSSR count). The number of benzene rings is 1. The van der Waals surface area contributed by atoms with E-state index < -0.39 is 0 Å². The Labute approximate surface area is 97.2 Å². The highest BCUT2D eigenvalue weighted by Crippen LogP contribution is 2.24. The van der Waals surface area contributed by atoms with Crippen molar-refractivity contribution < 1.29 is 0 Å². The second-order valence-electron chi connectivity index (χ2n) is 4.47. The molecule has 16 heavy (non-hydrogen) atoms. The summed E-state index contributed by atoms with van der Waals surface area (Å²) in [5.74, 6) is 0.587. The monoisotopic (exact) mass is 211 g/mol. The summed E-state index contributed by atoms with van der Waals surface area (Å²) in [6, 6.07) is 10.8. The van der Waals surface area contributed by atoms with Crippen LogP contribution in [0, 0.1) is 6.92 Å². The van der Waals surface area contributed by atoms with Gasteiger partial charge < -0.3 is 0 Å². The fraction of sp³-hybridized carbons (Fsp3) is 0.267. The number of aromatic nitrogens is 1. The average molecular weight is 211 g/mol. The maximum Gasteiger partial charge on any atom is 0.0349 e. The molecule has 1 aromatic carbocycles. The molecular formula is C15H17N. The minimum absolute atomic E-state index is 0.587. The van der Waals surface area contributed by atoms with E-state index in [1.807, 2.05) is 18.5 Å². The van der Waals surface area contributed by atoms with Gasteiger partial charge in [0.25, 0.3) is 0 Å². The van der Waals surface area contributed by atoms with Gasteiger partial charge in [0.05, 0.1) is 0 Å². The second kappa shape index (κ2) is 4.48. The van der Waals surface area contributed by atoms with Gasteiger partial charge in [-0.15, -0.1) is 0 Å². The predicted molar refractivity (Wildman–Crippen MR) is 68.5 cm³/mol. The van der Waals surface area contributed by atoms with E-state index in [0.29, 0.717) is 5.92 Å². The van der Waals surface area contributed by atoms with Crippen molar-refractivity contribution in [3.63, 3.8) is 0 Å². The summed E-state index contributed by atoms with van der Waals surface area (Å²) in [4.78, 5) is 4.18. The van der Waals surface area contributed by atoms with E-state index in [1.54, 1.807) is 0 Å². The molecule has 0 unspecified atom stereocenters. The average Bonchev–Trinajstić information content (AvgIpc) is 2.30. The van der Waals surface area contributed by atoms with E-state index >= 15 is 0 Å². The van der Waals surface area contributed by atoms with Crippen molar-refractivity contribution in [1.82, 2.24) is 4.98 Å². The Balaban J connectivity index is 2.39. The first-order valence-electron chi connectivity index (χ1n) is 5.69. The summed E-state index contributed by atoms with van der Waals surface area (Å²) in [5.41, 5.74) is 5.12. The topological polar surface area (TPSA) is 12.9 Å². The Morgan fingerprint density at radius 2 is 1.69 bits per heavy atom. The fourth-order valence-electron chi connectivity index (χ4n) is 1.81. The van der Waals surface area contributed by atoms with Crippen molar-refractivity contribution in [3.05, 3.63) is 53.9 Å². The van der Waals surface area contributed by atoms with Gasteiger partial charge in [0.2, 0.25) is 0 Å². The number of hydrogen-bond donors (Lipinski definition) is 0. The Bertz CT molecular complexity index is 469. The van der Waals surface area contributed by atoms with Gasteiger partial charge in [0, 0.05) is 18.0 Å². The smallest absolute Gasteiger partial charge is 0.0349 e. The van der Waals surface area contributed by atoms with Gasteiger partial charge in [-0.05, 0) is 35.6 Å². The number of aryl methyl sites for hydroxylation is 1. The highest BCUT2D eigenvalue weighted by molar-refractivity contribution is 5.66. The van der Waals surface area contributed by atoms with Crippen LogP contribution in [0.15, 0.2) is 42.7 Å². The predicted octanol–water partition coefficient (Wildman–Crippen LogP) is 4.18. The molecule has 82 valence electrons. The fourth-order valence-corrected chi connectivity index (χ4v) is 1.81. The van der Waals surface area contributed by atoms with Crippen molar-refractivity contribution in [1.29, 1.82) is 0 Å². The third-order valence-corrected chi connectivity index (χ3v) is 2.93. The molecule has 0 aliphatic heterocycles. The van der Waals surface area contributed by atoms with Crippen molar-refractivity contribution >= 4 is 0 Å². The molecule has 0 atom stereocenters. The van der Waals surface area contributed by atoms with E-state index in [-0.39, 0.29) is 0 Å². The Morgan fingerprint density at radius 1 is 1.00 bits per heavy atom. The summed E-state index contributed by atoms with van der Waals surface area (Å²) < 4.78 is 0. The van der Waals surface area contributed by atoms with Crippen molar-refractivity contribution in [2.45, 2.75) is 26.7 Å². The summed E-state index contributed by atoms with van der Waals surface area (Å²) in [7, 11) is 0. The van der Waals surface area contributed by atoms with Crippen LogP contribution < -0.4 is 0 Å². The van der Waals surface area contributed by atoms with Crippen LogP contribution >= 0.6 is 0 Å². The molecule has 0 amide bonds. The van der Waals surface area contributed by atoms with Crippen LogP contribution in [-0.2, 0) is 0 Å². The first kappa shape index (κ1) is 10.9. The van der Waals surface area contributed by atoms with Crippen molar-refractivity contribution in [2.75, 3.05) is 0 Å². The number of hydrogen-bond acceptors (Lipinski definition) is 1. The molecule has 0 saturated heterocycles. The maximum atomic E-state index is 4.18. The molecule has 0 aliphatic carbocycles. The lowest BCUT2D eigenvalue weighted by molar-refractivity contribution is 0.867. The maximum absolute atomic E-state index is 4.18. The quantitative estimate of drug-likeness (QED) is 0.726. The molecule has 1 aromatic heterocycles. The van der Waals surface area contributed by atoms with E-state index in [0.717, 1.165) is 0 Å². The molecule has 0 bridgehead atoms. The van der Waals surface area contributed by atoms with Gasteiger partial charge in [-0.25, -0.2) is 0 Å². The summed E-state index contributed by atoms with van der Waals surface area (Å²) in [5, 5.41) is 0. The number of rotatable bonds is 2. The van der Waals surface area contributed by atoms with Gasteiger partial charge in [-0.2, -0.15) is 0 Å². The Morgan fingerprint density at radius 3 is 2.25 bits per heavy atom. The zero-order valence-corrected chi connectivity index (χ0v) is 10.1. The second-order valence-corrected chi connectivity index (χ2v) is 4.47. The van der Waals surface area contributed by atoms with Gasteiger partial charge in [-0.1, -0.05) is 38.1 Å². The minimum atomic E-state index is 0.587. The molecule has 0 aliphatic rings. The van der Waals surface area contributed by atoms with Crippen LogP contribution in [0.3, 0.4) is 0 Å². The zero-order valence-electron chi connectivity index (χ0n) is 10.1. The van der Waals surface area contributed by atoms with E-state index in [9.17, 15) is 0 Å². The van der Waals surface area contributed by atoms with Gasteiger partial charge in [0.1, 0.15) is 0 Å². The third-order valence-electron chi connectivity index (χ3n) is 2.93. The lowest BCUT2D eigenvalue weighted by Crippen LogP contribution is -1.88. The van der Waals surface area contributed by atoms with E-state index in [4.69, 9.17) is 0 Å². The molecule has 1 heteroatoms. The summed E-state index contributed by atoms with van der Waals surface area (Å²) in [6.07, 6.45) is 3.76. The molecular weight excluding hydrogens is 194 g/mol. The van der Waals surface area contributed by atoms with Gasteiger partial charge in [0.15, 0.2) is 0 Å². The molecule has 1 heterocycles. The van der Waals surface area contributed by atoms with Crippen molar-refractivity contribution in [3.8, 4) is 11.1 Å². The molecule has 0 spiro atoms. The zero-order chi connectivity index (χ0) is 11.5. The lowest BCUT2D eigenvalue weighted by atomic mass is 9.98. The SMILES string of the molecule is Cc1ccncc1-c1ccc(C(C)C)cc1. The molecule has 0 radical (unpaired) electrons. The largest absolute Gasteiger partial charge is 0.264 e. The minimum Gasteiger partial charge on any atom is -0.264 e. The lowest BCUT2D eigenvalue weighted by Gasteiger charge is -2.08. The summed E-state index contributed by atoms with van der Waals surface area (Å²) >= 11 is 0. The molecule has 2 aromatic rings. The molecule has 0 fully saturated rings. The Hall–Kier alpha value is -1.63. The molecule has 0 saturated carbocycles. The first-order valence-corrected chi connectivity index (χ1v) is 5.69. The van der Waals surface area contributed by atoms with Crippen LogP contribution in [0.1, 0.15) is 30.9 Å². The Kier molecular flexibility index (Phi) is 3.04. The molecule has 0 N–H and O–H groups in total. The standard InChI is InChI=1S/C15H17N/c1-11(2)13-4-6-14(7-5-13)15-10-16-9-8-12(15)3/h4-11H,1-3H3. The van der Waals surface area contributed by atoms with Gasteiger partial charge >= 0.3 is 0 Å². The van der Waals surface area contributed by atoms with Crippen LogP contribution in [0.5, 0.6) is 0 Å². The van der Waals surface area contributed by atoms with Gasteiger partial charge in [-0.3, -0.25) is 4.98 Å². The van der Waals surface area contributed by atoms with Crippen LogP contribution in [0.4, 0.5) is 0 Å². The first-order chi connectivity index (χ1) is 7.68. The number of pyridine rings is 1. The molecule has 1 nitrogen and oxygen atoms in total. The van der Waals surface area contributed by atoms with Crippen LogP contribution in [0.2, 0.25) is 0 Å². The normalized spacial score (nSPS) is 10.8. The highest BCUT2D eigenvalue weighted by Gasteiger charge is 2.03. The third kappa shape index (κ3) is 2.13. The summed E-state index contributed by atoms with van der Waals surface area (Å²) in [6.45, 7) is 6.54. The highest BCUT2D eigenvalue weighted by atomic mass is 14.6. The van der Waals surface area contributed by atoms with Crippen LogP contribution in [-0.4, -0.2) is 4.98 Å². The van der Waals surface area contributed by atoms with E-state index in [1.165, 1.54) is 22.3 Å². The number of nitrogens with zero attached hydrogens (tertiary/aromatic N) is 1. The van der Waals surface area contributed by atoms with Crippen molar-refractivity contribution in [2.24, 2.45) is 0 Å². The van der Waals surface area contributed by atoms with E-state index in [2.05, 4.69) is 50.0 Å².